The van der Waals surface area contributed by atoms with Crippen molar-refractivity contribution in [2.45, 2.75) is 135 Å². The largest absolute Gasteiger partial charge is 0.385 e. The van der Waals surface area contributed by atoms with Gasteiger partial charge >= 0.3 is 0 Å². The number of thioether (sulfide) groups is 1. The zero-order valence-electron chi connectivity index (χ0n) is 17.7. The first kappa shape index (κ1) is 26.2. The summed E-state index contributed by atoms with van der Waals surface area (Å²) in [5.41, 5.74) is 5.47. The SMILES string of the molecule is CCCCCCCCCCCCCCCCCCCCCCSC(N)=S. The molecule has 0 saturated carbocycles. The lowest BCUT2D eigenvalue weighted by atomic mass is 10.0. The molecule has 0 rings (SSSR count). The zero-order chi connectivity index (χ0) is 19.1. The molecule has 0 atom stereocenters. The lowest BCUT2D eigenvalue weighted by molar-refractivity contribution is 0.523. The van der Waals surface area contributed by atoms with E-state index < -0.39 is 0 Å². The maximum absolute atomic E-state index is 5.47. The summed E-state index contributed by atoms with van der Waals surface area (Å²) in [5, 5.41) is 0. The van der Waals surface area contributed by atoms with Crippen molar-refractivity contribution >= 4 is 28.3 Å². The zero-order valence-corrected chi connectivity index (χ0v) is 19.4. The third-order valence-electron chi connectivity index (χ3n) is 5.24. The molecule has 26 heavy (non-hydrogen) atoms. The molecule has 0 aromatic carbocycles. The summed E-state index contributed by atoms with van der Waals surface area (Å²) >= 11 is 6.49. The Hall–Kier alpha value is 0.240. The van der Waals surface area contributed by atoms with Gasteiger partial charge in [-0.2, -0.15) is 0 Å². The van der Waals surface area contributed by atoms with Crippen molar-refractivity contribution in [3.63, 3.8) is 0 Å². The highest BCUT2D eigenvalue weighted by molar-refractivity contribution is 8.22. The fourth-order valence-corrected chi connectivity index (χ4v) is 4.33. The van der Waals surface area contributed by atoms with Gasteiger partial charge in [-0.05, 0) is 6.42 Å². The predicted octanol–water partition coefficient (Wildman–Crippen LogP) is 8.79. The van der Waals surface area contributed by atoms with Gasteiger partial charge in [-0.25, -0.2) is 0 Å². The summed E-state index contributed by atoms with van der Waals surface area (Å²) in [6.45, 7) is 2.30. The van der Waals surface area contributed by atoms with Gasteiger partial charge in [0.15, 0.2) is 0 Å². The quantitative estimate of drug-likeness (QED) is 0.154. The van der Waals surface area contributed by atoms with Crippen molar-refractivity contribution in [3.8, 4) is 0 Å². The Balaban J connectivity index is 2.98. The first-order valence-electron chi connectivity index (χ1n) is 11.7. The average Bonchev–Trinajstić information content (AvgIpc) is 2.62. The van der Waals surface area contributed by atoms with Crippen LogP contribution in [0.5, 0.6) is 0 Å². The van der Waals surface area contributed by atoms with Crippen LogP contribution in [0, 0.1) is 0 Å². The second-order valence-electron chi connectivity index (χ2n) is 7.89. The molecule has 0 aromatic rings. The number of hydrogen-bond donors (Lipinski definition) is 1. The summed E-state index contributed by atoms with van der Waals surface area (Å²) in [7, 11) is 0. The molecule has 156 valence electrons. The molecule has 0 spiro atoms. The fourth-order valence-electron chi connectivity index (χ4n) is 3.53. The molecule has 2 N–H and O–H groups in total. The molecule has 0 fully saturated rings. The maximum atomic E-state index is 5.47. The molecule has 0 amide bonds. The van der Waals surface area contributed by atoms with Crippen molar-refractivity contribution in [3.05, 3.63) is 0 Å². The van der Waals surface area contributed by atoms with E-state index in [4.69, 9.17) is 18.0 Å². The van der Waals surface area contributed by atoms with E-state index in [2.05, 4.69) is 6.92 Å². The number of nitrogens with two attached hydrogens (primary N) is 1. The van der Waals surface area contributed by atoms with Crippen molar-refractivity contribution in [1.29, 1.82) is 0 Å². The Bertz CT molecular complexity index is 281. The van der Waals surface area contributed by atoms with Crippen LogP contribution in [-0.4, -0.2) is 10.1 Å². The highest BCUT2D eigenvalue weighted by Crippen LogP contribution is 2.15. The van der Waals surface area contributed by atoms with Crippen LogP contribution in [0.1, 0.15) is 135 Å². The lowest BCUT2D eigenvalue weighted by Gasteiger charge is -2.04. The monoisotopic (exact) mass is 401 g/mol. The Kier molecular flexibility index (Phi) is 23.5. The molecule has 0 saturated heterocycles. The molecule has 0 bridgehead atoms. The van der Waals surface area contributed by atoms with Crippen LogP contribution >= 0.6 is 24.0 Å². The predicted molar refractivity (Wildman–Crippen MR) is 127 cm³/mol. The van der Waals surface area contributed by atoms with Crippen LogP contribution in [0.3, 0.4) is 0 Å². The molecule has 3 heteroatoms. The average molecular weight is 402 g/mol. The smallest absolute Gasteiger partial charge is 0.131 e. The van der Waals surface area contributed by atoms with Gasteiger partial charge in [0.25, 0.3) is 0 Å². The minimum Gasteiger partial charge on any atom is -0.385 e. The molecule has 0 aliphatic carbocycles. The molecule has 0 radical (unpaired) electrons. The standard InChI is InChI=1S/C23H47NS2/c1-2-3-4-5-6-7-8-9-10-11-12-13-14-15-16-17-18-19-20-21-22-26-23(24)25/h2-22H2,1H3,(H2,24,25). The van der Waals surface area contributed by atoms with E-state index >= 15 is 0 Å². The molecule has 0 heterocycles. The number of rotatable bonds is 21. The van der Waals surface area contributed by atoms with Crippen molar-refractivity contribution < 1.29 is 0 Å². The van der Waals surface area contributed by atoms with Crippen molar-refractivity contribution in [1.82, 2.24) is 0 Å². The summed E-state index contributed by atoms with van der Waals surface area (Å²) in [5.74, 6) is 1.11. The molecule has 0 aliphatic heterocycles. The van der Waals surface area contributed by atoms with Crippen LogP contribution in [0.2, 0.25) is 0 Å². The Morgan fingerprint density at radius 2 is 0.808 bits per heavy atom. The molecule has 1 nitrogen and oxygen atoms in total. The van der Waals surface area contributed by atoms with E-state index in [1.807, 2.05) is 0 Å². The number of unbranched alkanes of at least 4 members (excludes halogenated alkanes) is 19. The van der Waals surface area contributed by atoms with E-state index in [0.29, 0.717) is 4.32 Å². The summed E-state index contributed by atoms with van der Waals surface area (Å²) in [4.78, 5) is 0. The third-order valence-corrected chi connectivity index (χ3v) is 6.37. The van der Waals surface area contributed by atoms with Crippen LogP contribution in [0.25, 0.3) is 0 Å². The molecule has 0 unspecified atom stereocenters. The minimum absolute atomic E-state index is 0.600. The summed E-state index contributed by atoms with van der Waals surface area (Å²) < 4.78 is 0.600. The van der Waals surface area contributed by atoms with E-state index in [9.17, 15) is 0 Å². The lowest BCUT2D eigenvalue weighted by Crippen LogP contribution is -2.02. The van der Waals surface area contributed by atoms with Crippen LogP contribution < -0.4 is 5.73 Å². The minimum atomic E-state index is 0.600. The van der Waals surface area contributed by atoms with Crippen molar-refractivity contribution in [2.75, 3.05) is 5.75 Å². The van der Waals surface area contributed by atoms with Crippen LogP contribution in [-0.2, 0) is 0 Å². The third kappa shape index (κ3) is 24.2. The Morgan fingerprint density at radius 3 is 1.08 bits per heavy atom. The normalized spacial score (nSPS) is 11.1. The highest BCUT2D eigenvalue weighted by Gasteiger charge is 1.96. The Morgan fingerprint density at radius 1 is 0.538 bits per heavy atom. The molecular weight excluding hydrogens is 354 g/mol. The summed E-state index contributed by atoms with van der Waals surface area (Å²) in [6, 6.07) is 0. The van der Waals surface area contributed by atoms with Crippen LogP contribution in [0.15, 0.2) is 0 Å². The van der Waals surface area contributed by atoms with Gasteiger partial charge in [-0.15, -0.1) is 0 Å². The first-order chi connectivity index (χ1) is 12.8. The van der Waals surface area contributed by atoms with Gasteiger partial charge in [0, 0.05) is 5.75 Å². The number of hydrogen-bond acceptors (Lipinski definition) is 2. The van der Waals surface area contributed by atoms with Crippen molar-refractivity contribution in [2.24, 2.45) is 5.73 Å². The van der Waals surface area contributed by atoms with E-state index in [1.165, 1.54) is 128 Å². The molecule has 0 aromatic heterocycles. The van der Waals surface area contributed by atoms with Gasteiger partial charge in [0.1, 0.15) is 4.32 Å². The van der Waals surface area contributed by atoms with E-state index in [0.717, 1.165) is 5.75 Å². The topological polar surface area (TPSA) is 26.0 Å². The number of thiocarbonyl (C=S) groups is 1. The van der Waals surface area contributed by atoms with Gasteiger partial charge < -0.3 is 5.73 Å². The first-order valence-corrected chi connectivity index (χ1v) is 13.1. The molecular formula is C23H47NS2. The summed E-state index contributed by atoms with van der Waals surface area (Å²) in [6.07, 6.45) is 28.7. The second-order valence-corrected chi connectivity index (χ2v) is 9.72. The fraction of sp³-hybridized carbons (Fsp3) is 0.957. The highest BCUT2D eigenvalue weighted by atomic mass is 32.2. The van der Waals surface area contributed by atoms with Gasteiger partial charge in [0.2, 0.25) is 0 Å². The maximum Gasteiger partial charge on any atom is 0.131 e. The Labute approximate surface area is 175 Å². The molecule has 0 aliphatic rings. The van der Waals surface area contributed by atoms with E-state index in [1.54, 1.807) is 11.8 Å². The second kappa shape index (κ2) is 23.3. The van der Waals surface area contributed by atoms with E-state index in [-0.39, 0.29) is 0 Å². The van der Waals surface area contributed by atoms with Gasteiger partial charge in [-0.3, -0.25) is 0 Å². The van der Waals surface area contributed by atoms with Gasteiger partial charge in [0.05, 0.1) is 0 Å². The van der Waals surface area contributed by atoms with Gasteiger partial charge in [-0.1, -0.05) is 153 Å². The van der Waals surface area contributed by atoms with Crippen LogP contribution in [0.4, 0.5) is 0 Å².